The van der Waals surface area contributed by atoms with E-state index in [1.807, 2.05) is 55.5 Å². The van der Waals surface area contributed by atoms with Gasteiger partial charge in [-0.15, -0.1) is 0 Å². The van der Waals surface area contributed by atoms with Gasteiger partial charge in [0.1, 0.15) is 17.1 Å². The first-order chi connectivity index (χ1) is 14.9. The first-order valence-corrected chi connectivity index (χ1v) is 10.4. The second kappa shape index (κ2) is 7.45. The summed E-state index contributed by atoms with van der Waals surface area (Å²) in [5, 5.41) is 1.45. The maximum absolute atomic E-state index is 13.5. The molecule has 1 aliphatic heterocycles. The van der Waals surface area contributed by atoms with Gasteiger partial charge in [0.2, 0.25) is 5.78 Å². The van der Waals surface area contributed by atoms with Crippen molar-refractivity contribution in [3.63, 3.8) is 0 Å². The first-order valence-electron chi connectivity index (χ1n) is 9.64. The van der Waals surface area contributed by atoms with Gasteiger partial charge in [0.25, 0.3) is 0 Å². The lowest BCUT2D eigenvalue weighted by atomic mass is 9.94. The molecule has 0 fully saturated rings. The van der Waals surface area contributed by atoms with Crippen LogP contribution in [0.4, 0.5) is 0 Å². The van der Waals surface area contributed by atoms with Crippen molar-refractivity contribution >= 4 is 45.5 Å². The number of fused-ring (bicyclic) bond motifs is 3. The summed E-state index contributed by atoms with van der Waals surface area (Å²) in [6.07, 6.45) is 1.88. The Morgan fingerprint density at radius 1 is 1.00 bits per heavy atom. The van der Waals surface area contributed by atoms with Crippen molar-refractivity contribution in [2.24, 2.45) is 0 Å². The molecule has 0 radical (unpaired) electrons. The van der Waals surface area contributed by atoms with Gasteiger partial charge < -0.3 is 9.15 Å². The number of allylic oxidation sites excluding steroid dienone is 2. The van der Waals surface area contributed by atoms with E-state index in [1.54, 1.807) is 18.2 Å². The van der Waals surface area contributed by atoms with Crippen molar-refractivity contribution in [3.8, 4) is 16.9 Å². The third-order valence-electron chi connectivity index (χ3n) is 5.29. The van der Waals surface area contributed by atoms with Crippen molar-refractivity contribution in [2.45, 2.75) is 6.92 Å². The lowest BCUT2D eigenvalue weighted by Crippen LogP contribution is -2.03. The quantitative estimate of drug-likeness (QED) is 0.299. The van der Waals surface area contributed by atoms with Gasteiger partial charge in [-0.3, -0.25) is 4.79 Å². The van der Waals surface area contributed by atoms with Crippen LogP contribution in [-0.2, 0) is 0 Å². The molecule has 1 aliphatic rings. The van der Waals surface area contributed by atoms with E-state index in [0.29, 0.717) is 33.2 Å². The fourth-order valence-corrected chi connectivity index (χ4v) is 4.39. The Bertz CT molecular complexity index is 1410. The SMILES string of the molecule is C=C1C=C(C)c2ccc3oc(C(=O)c4ccc(Cl)cc4Cl)c(-c4ccccc4)c3c2O1. The zero-order valence-corrected chi connectivity index (χ0v) is 18.1. The molecule has 0 saturated carbocycles. The minimum Gasteiger partial charge on any atom is -0.457 e. The molecular weight excluding hydrogens is 431 g/mol. The Kier molecular flexibility index (Phi) is 4.73. The van der Waals surface area contributed by atoms with Crippen LogP contribution in [0, 0.1) is 0 Å². The van der Waals surface area contributed by atoms with Crippen LogP contribution >= 0.6 is 23.2 Å². The molecule has 3 nitrogen and oxygen atoms in total. The largest absolute Gasteiger partial charge is 0.457 e. The summed E-state index contributed by atoms with van der Waals surface area (Å²) >= 11 is 12.4. The average molecular weight is 447 g/mol. The van der Waals surface area contributed by atoms with Crippen LogP contribution in [0.2, 0.25) is 10.0 Å². The number of furan rings is 1. The molecule has 152 valence electrons. The lowest BCUT2D eigenvalue weighted by molar-refractivity contribution is 0.101. The average Bonchev–Trinajstić information content (AvgIpc) is 3.14. The highest BCUT2D eigenvalue weighted by Crippen LogP contribution is 2.46. The summed E-state index contributed by atoms with van der Waals surface area (Å²) in [5.74, 6) is 1.03. The first kappa shape index (κ1) is 19.7. The number of hydrogen-bond acceptors (Lipinski definition) is 3. The van der Waals surface area contributed by atoms with E-state index in [0.717, 1.165) is 22.1 Å². The van der Waals surface area contributed by atoms with E-state index in [-0.39, 0.29) is 16.6 Å². The summed E-state index contributed by atoms with van der Waals surface area (Å²) in [4.78, 5) is 13.5. The van der Waals surface area contributed by atoms with Gasteiger partial charge >= 0.3 is 0 Å². The standard InChI is InChI=1S/C26H16Cl2O3/c1-14-12-15(2)30-25-18(14)10-11-21-23(25)22(16-6-4-3-5-7-16)26(31-21)24(29)19-9-8-17(27)13-20(19)28/h3-13H,2H2,1H3. The van der Waals surface area contributed by atoms with E-state index in [2.05, 4.69) is 6.58 Å². The molecule has 0 N–H and O–H groups in total. The van der Waals surface area contributed by atoms with Gasteiger partial charge in [0.15, 0.2) is 5.76 Å². The van der Waals surface area contributed by atoms with E-state index in [4.69, 9.17) is 32.4 Å². The zero-order valence-electron chi connectivity index (χ0n) is 16.5. The molecule has 3 aromatic carbocycles. The summed E-state index contributed by atoms with van der Waals surface area (Å²) < 4.78 is 12.2. The van der Waals surface area contributed by atoms with Crippen molar-refractivity contribution < 1.29 is 13.9 Å². The molecular formula is C26H16Cl2O3. The predicted octanol–water partition coefficient (Wildman–Crippen LogP) is 7.95. The number of benzene rings is 3. The summed E-state index contributed by atoms with van der Waals surface area (Å²) in [5.41, 5.74) is 4.32. The van der Waals surface area contributed by atoms with Crippen LogP contribution < -0.4 is 4.74 Å². The summed E-state index contributed by atoms with van der Waals surface area (Å²) in [7, 11) is 0. The Hall–Kier alpha value is -3.27. The van der Waals surface area contributed by atoms with E-state index < -0.39 is 0 Å². The van der Waals surface area contributed by atoms with Gasteiger partial charge in [-0.1, -0.05) is 60.1 Å². The number of ketones is 1. The minimum absolute atomic E-state index is 0.195. The molecule has 4 aromatic rings. The van der Waals surface area contributed by atoms with Crippen molar-refractivity contribution in [3.05, 3.63) is 106 Å². The second-order valence-electron chi connectivity index (χ2n) is 7.34. The van der Waals surface area contributed by atoms with E-state index in [1.165, 1.54) is 0 Å². The van der Waals surface area contributed by atoms with Crippen molar-refractivity contribution in [1.82, 2.24) is 0 Å². The van der Waals surface area contributed by atoms with Crippen molar-refractivity contribution in [2.75, 3.05) is 0 Å². The summed E-state index contributed by atoms with van der Waals surface area (Å²) in [6, 6.07) is 18.2. The number of carbonyl (C=O) groups excluding carboxylic acids is 1. The van der Waals surface area contributed by atoms with Crippen LogP contribution in [0.3, 0.4) is 0 Å². The molecule has 0 spiro atoms. The fourth-order valence-electron chi connectivity index (χ4n) is 3.89. The molecule has 2 heterocycles. The van der Waals surface area contributed by atoms with Crippen LogP contribution in [0.1, 0.15) is 28.6 Å². The van der Waals surface area contributed by atoms with Gasteiger partial charge in [0, 0.05) is 21.7 Å². The molecule has 0 atom stereocenters. The maximum Gasteiger partial charge on any atom is 0.230 e. The molecule has 1 aromatic heterocycles. The number of halogens is 2. The Morgan fingerprint density at radius 3 is 2.52 bits per heavy atom. The highest BCUT2D eigenvalue weighted by molar-refractivity contribution is 6.37. The molecule has 5 heteroatoms. The highest BCUT2D eigenvalue weighted by atomic mass is 35.5. The van der Waals surface area contributed by atoms with Gasteiger partial charge in [0.05, 0.1) is 10.4 Å². The van der Waals surface area contributed by atoms with Gasteiger partial charge in [-0.2, -0.15) is 0 Å². The normalized spacial score (nSPS) is 13.0. The van der Waals surface area contributed by atoms with Crippen molar-refractivity contribution in [1.29, 1.82) is 0 Å². The Morgan fingerprint density at radius 2 is 1.77 bits per heavy atom. The second-order valence-corrected chi connectivity index (χ2v) is 8.18. The number of carbonyl (C=O) groups is 1. The van der Waals surface area contributed by atoms with Crippen LogP contribution in [0.15, 0.2) is 83.5 Å². The van der Waals surface area contributed by atoms with Crippen LogP contribution in [-0.4, -0.2) is 5.78 Å². The van der Waals surface area contributed by atoms with E-state index in [9.17, 15) is 4.79 Å². The topological polar surface area (TPSA) is 39.4 Å². The fraction of sp³-hybridized carbons (Fsp3) is 0.0385. The molecule has 0 saturated heterocycles. The number of hydrogen-bond donors (Lipinski definition) is 0. The van der Waals surface area contributed by atoms with Crippen LogP contribution in [0.5, 0.6) is 5.75 Å². The third kappa shape index (κ3) is 3.27. The van der Waals surface area contributed by atoms with Gasteiger partial charge in [-0.05, 0) is 54.5 Å². The number of ether oxygens (including phenoxy) is 1. The molecule has 0 bridgehead atoms. The smallest absolute Gasteiger partial charge is 0.230 e. The zero-order chi connectivity index (χ0) is 21.7. The lowest BCUT2D eigenvalue weighted by Gasteiger charge is -2.18. The Labute approximate surface area is 189 Å². The molecule has 0 unspecified atom stereocenters. The monoisotopic (exact) mass is 446 g/mol. The molecule has 31 heavy (non-hydrogen) atoms. The highest BCUT2D eigenvalue weighted by Gasteiger charge is 2.29. The maximum atomic E-state index is 13.5. The molecule has 0 amide bonds. The third-order valence-corrected chi connectivity index (χ3v) is 5.84. The number of rotatable bonds is 3. The van der Waals surface area contributed by atoms with Crippen LogP contribution in [0.25, 0.3) is 27.7 Å². The minimum atomic E-state index is -0.327. The van der Waals surface area contributed by atoms with Gasteiger partial charge in [-0.25, -0.2) is 0 Å². The summed E-state index contributed by atoms with van der Waals surface area (Å²) in [6.45, 7) is 5.96. The molecule has 5 rings (SSSR count). The molecule has 0 aliphatic carbocycles. The van der Waals surface area contributed by atoms with E-state index >= 15 is 0 Å². The Balaban J connectivity index is 1.84. The predicted molar refractivity (Wildman–Crippen MR) is 125 cm³/mol.